The lowest BCUT2D eigenvalue weighted by atomic mass is 10.2. The fourth-order valence-corrected chi connectivity index (χ4v) is 1.23. The van der Waals surface area contributed by atoms with E-state index in [1.165, 1.54) is 7.11 Å². The summed E-state index contributed by atoms with van der Waals surface area (Å²) in [5, 5.41) is 2.68. The SMILES string of the molecule is COC(=O)/C(Cl)=C/NC(=O)c1ccc(Cl)cc1. The maximum absolute atomic E-state index is 11.6. The van der Waals surface area contributed by atoms with Crippen LogP contribution < -0.4 is 5.32 Å². The Morgan fingerprint density at radius 2 is 1.88 bits per heavy atom. The molecule has 1 aromatic carbocycles. The van der Waals surface area contributed by atoms with Crippen LogP contribution >= 0.6 is 23.2 Å². The first-order valence-electron chi connectivity index (χ1n) is 4.55. The number of esters is 1. The molecule has 0 aliphatic heterocycles. The monoisotopic (exact) mass is 273 g/mol. The molecule has 4 nitrogen and oxygen atoms in total. The van der Waals surface area contributed by atoms with Crippen molar-refractivity contribution in [2.75, 3.05) is 7.11 Å². The lowest BCUT2D eigenvalue weighted by Crippen LogP contribution is -2.18. The van der Waals surface area contributed by atoms with Crippen LogP contribution in [0.4, 0.5) is 0 Å². The van der Waals surface area contributed by atoms with Gasteiger partial charge in [0.25, 0.3) is 5.91 Å². The van der Waals surface area contributed by atoms with Gasteiger partial charge in [0.1, 0.15) is 5.03 Å². The van der Waals surface area contributed by atoms with Crippen LogP contribution in [0.2, 0.25) is 5.02 Å². The number of halogens is 2. The highest BCUT2D eigenvalue weighted by Crippen LogP contribution is 2.09. The Morgan fingerprint density at radius 1 is 1.29 bits per heavy atom. The van der Waals surface area contributed by atoms with Crippen molar-refractivity contribution in [3.05, 3.63) is 46.1 Å². The fraction of sp³-hybridized carbons (Fsp3) is 0.0909. The second-order valence-electron chi connectivity index (χ2n) is 2.96. The summed E-state index contributed by atoms with van der Waals surface area (Å²) in [7, 11) is 1.19. The zero-order valence-electron chi connectivity index (χ0n) is 8.87. The molecule has 0 bridgehead atoms. The van der Waals surface area contributed by atoms with Gasteiger partial charge in [0.05, 0.1) is 7.11 Å². The molecule has 1 N–H and O–H groups in total. The molecular weight excluding hydrogens is 265 g/mol. The maximum Gasteiger partial charge on any atom is 0.350 e. The van der Waals surface area contributed by atoms with E-state index in [2.05, 4.69) is 10.1 Å². The Balaban J connectivity index is 2.67. The quantitative estimate of drug-likeness (QED) is 0.679. The van der Waals surface area contributed by atoms with Crippen molar-refractivity contribution in [1.29, 1.82) is 0 Å². The van der Waals surface area contributed by atoms with Gasteiger partial charge >= 0.3 is 5.97 Å². The number of rotatable bonds is 3. The summed E-state index contributed by atoms with van der Waals surface area (Å²) in [6, 6.07) is 6.28. The molecule has 1 aromatic rings. The van der Waals surface area contributed by atoms with Gasteiger partial charge in [-0.05, 0) is 24.3 Å². The highest BCUT2D eigenvalue weighted by molar-refractivity contribution is 6.41. The van der Waals surface area contributed by atoms with Crippen LogP contribution in [-0.4, -0.2) is 19.0 Å². The maximum atomic E-state index is 11.6. The van der Waals surface area contributed by atoms with Crippen LogP contribution in [0.1, 0.15) is 10.4 Å². The van der Waals surface area contributed by atoms with Gasteiger partial charge in [-0.2, -0.15) is 0 Å². The van der Waals surface area contributed by atoms with Crippen molar-refractivity contribution in [2.45, 2.75) is 0 Å². The number of nitrogens with one attached hydrogen (secondary N) is 1. The van der Waals surface area contributed by atoms with E-state index >= 15 is 0 Å². The molecule has 0 atom stereocenters. The number of amides is 1. The lowest BCUT2D eigenvalue weighted by molar-refractivity contribution is -0.135. The van der Waals surface area contributed by atoms with E-state index in [-0.39, 0.29) is 5.03 Å². The highest BCUT2D eigenvalue weighted by Gasteiger charge is 2.07. The average Bonchev–Trinajstić information content (AvgIpc) is 2.35. The molecule has 17 heavy (non-hydrogen) atoms. The lowest BCUT2D eigenvalue weighted by Gasteiger charge is -2.01. The molecule has 6 heteroatoms. The van der Waals surface area contributed by atoms with Gasteiger partial charge in [-0.3, -0.25) is 4.79 Å². The van der Waals surface area contributed by atoms with E-state index in [4.69, 9.17) is 23.2 Å². The van der Waals surface area contributed by atoms with Crippen LogP contribution in [-0.2, 0) is 9.53 Å². The third-order valence-corrected chi connectivity index (χ3v) is 2.33. The van der Waals surface area contributed by atoms with Gasteiger partial charge in [-0.25, -0.2) is 4.79 Å². The Bertz CT molecular complexity index is 454. The van der Waals surface area contributed by atoms with Gasteiger partial charge in [0.15, 0.2) is 0 Å². The zero-order valence-corrected chi connectivity index (χ0v) is 10.4. The van der Waals surface area contributed by atoms with Crippen molar-refractivity contribution in [3.63, 3.8) is 0 Å². The molecular formula is C11H9Cl2NO3. The van der Waals surface area contributed by atoms with E-state index in [1.807, 2.05) is 0 Å². The number of ether oxygens (including phenoxy) is 1. The van der Waals surface area contributed by atoms with E-state index in [1.54, 1.807) is 24.3 Å². The van der Waals surface area contributed by atoms with E-state index in [0.717, 1.165) is 6.20 Å². The molecule has 0 saturated carbocycles. The Hall–Kier alpha value is -1.52. The summed E-state index contributed by atoms with van der Waals surface area (Å²) in [6.07, 6.45) is 1.07. The van der Waals surface area contributed by atoms with E-state index in [0.29, 0.717) is 10.6 Å². The molecule has 90 valence electrons. The Kier molecular flexibility index (Phi) is 5.00. The minimum atomic E-state index is -0.719. The zero-order chi connectivity index (χ0) is 12.8. The first kappa shape index (κ1) is 13.5. The van der Waals surface area contributed by atoms with Crippen LogP contribution in [0.3, 0.4) is 0 Å². The molecule has 0 radical (unpaired) electrons. The topological polar surface area (TPSA) is 55.4 Å². The van der Waals surface area contributed by atoms with Gasteiger partial charge < -0.3 is 10.1 Å². The van der Waals surface area contributed by atoms with Gasteiger partial charge in [-0.15, -0.1) is 0 Å². The smallest absolute Gasteiger partial charge is 0.350 e. The summed E-state index contributed by atoms with van der Waals surface area (Å²) >= 11 is 11.2. The van der Waals surface area contributed by atoms with Crippen molar-refractivity contribution >= 4 is 35.1 Å². The van der Waals surface area contributed by atoms with Crippen LogP contribution in [0.15, 0.2) is 35.5 Å². The first-order chi connectivity index (χ1) is 8.04. The van der Waals surface area contributed by atoms with Crippen molar-refractivity contribution in [2.24, 2.45) is 0 Å². The highest BCUT2D eigenvalue weighted by atomic mass is 35.5. The summed E-state index contributed by atoms with van der Waals surface area (Å²) in [6.45, 7) is 0. The van der Waals surface area contributed by atoms with Gasteiger partial charge in [0.2, 0.25) is 0 Å². The molecule has 1 rings (SSSR count). The van der Waals surface area contributed by atoms with Crippen LogP contribution in [0.25, 0.3) is 0 Å². The van der Waals surface area contributed by atoms with Gasteiger partial charge in [0, 0.05) is 16.8 Å². The largest absolute Gasteiger partial charge is 0.465 e. The van der Waals surface area contributed by atoms with E-state index < -0.39 is 11.9 Å². The Labute approximate surface area is 108 Å². The van der Waals surface area contributed by atoms with E-state index in [9.17, 15) is 9.59 Å². The number of carbonyl (C=O) groups excluding carboxylic acids is 2. The van der Waals surface area contributed by atoms with Crippen LogP contribution in [0.5, 0.6) is 0 Å². The summed E-state index contributed by atoms with van der Waals surface area (Å²) in [5.74, 6) is -1.12. The molecule has 0 aromatic heterocycles. The third-order valence-electron chi connectivity index (χ3n) is 1.82. The van der Waals surface area contributed by atoms with Crippen molar-refractivity contribution in [1.82, 2.24) is 5.32 Å². The molecule has 0 fully saturated rings. The molecule has 0 heterocycles. The number of carbonyl (C=O) groups is 2. The molecule has 0 saturated heterocycles. The molecule has 0 aliphatic rings. The second-order valence-corrected chi connectivity index (χ2v) is 3.81. The number of methoxy groups -OCH3 is 1. The number of hydrogen-bond acceptors (Lipinski definition) is 3. The number of benzene rings is 1. The van der Waals surface area contributed by atoms with Crippen LogP contribution in [0, 0.1) is 0 Å². The predicted octanol–water partition coefficient (Wildman–Crippen LogP) is 2.32. The number of hydrogen-bond donors (Lipinski definition) is 1. The fourth-order valence-electron chi connectivity index (χ4n) is 0.970. The molecule has 0 spiro atoms. The third kappa shape index (κ3) is 4.09. The normalized spacial score (nSPS) is 10.9. The Morgan fingerprint density at radius 3 is 2.41 bits per heavy atom. The molecule has 0 aliphatic carbocycles. The average molecular weight is 274 g/mol. The molecule has 0 unspecified atom stereocenters. The minimum Gasteiger partial charge on any atom is -0.465 e. The molecule has 1 amide bonds. The summed E-state index contributed by atoms with van der Waals surface area (Å²) in [4.78, 5) is 22.5. The standard InChI is InChI=1S/C11H9Cl2NO3/c1-17-11(16)9(13)6-14-10(15)7-2-4-8(12)5-3-7/h2-6H,1H3,(H,14,15)/b9-6-. The minimum absolute atomic E-state index is 0.213. The van der Waals surface area contributed by atoms with Crippen molar-refractivity contribution < 1.29 is 14.3 Å². The second kappa shape index (κ2) is 6.27. The summed E-state index contributed by atoms with van der Waals surface area (Å²) < 4.78 is 4.36. The van der Waals surface area contributed by atoms with Crippen molar-refractivity contribution in [3.8, 4) is 0 Å². The first-order valence-corrected chi connectivity index (χ1v) is 5.30. The summed E-state index contributed by atoms with van der Waals surface area (Å²) in [5.41, 5.74) is 0.403. The van der Waals surface area contributed by atoms with Gasteiger partial charge in [-0.1, -0.05) is 23.2 Å². The predicted molar refractivity (Wildman–Crippen MR) is 64.9 cm³/mol.